The van der Waals surface area contributed by atoms with Gasteiger partial charge in [0, 0.05) is 18.5 Å². The van der Waals surface area contributed by atoms with E-state index in [-0.39, 0.29) is 12.0 Å². The zero-order valence-electron chi connectivity index (χ0n) is 8.86. The van der Waals surface area contributed by atoms with Gasteiger partial charge >= 0.3 is 0 Å². The lowest BCUT2D eigenvalue weighted by Crippen LogP contribution is -2.56. The second-order valence-corrected chi connectivity index (χ2v) is 4.06. The minimum Gasteiger partial charge on any atom is -0.316 e. The molecule has 3 atom stereocenters. The van der Waals surface area contributed by atoms with Crippen LogP contribution in [0.1, 0.15) is 27.2 Å². The molecule has 0 amide bonds. The molecule has 0 aromatic rings. The first-order valence-corrected chi connectivity index (χ1v) is 5.24. The predicted octanol–water partition coefficient (Wildman–Crippen LogP) is 1.32. The van der Waals surface area contributed by atoms with E-state index in [4.69, 9.17) is 0 Å². The topological polar surface area (TPSA) is 24.1 Å². The van der Waals surface area contributed by atoms with Crippen LogP contribution >= 0.6 is 0 Å². The Morgan fingerprint density at radius 2 is 2.38 bits per heavy atom. The first-order chi connectivity index (χ1) is 6.11. The molecule has 0 radical (unpaired) electrons. The summed E-state index contributed by atoms with van der Waals surface area (Å²) in [5.74, 6) is 0.107. The summed E-state index contributed by atoms with van der Waals surface area (Å²) in [5.41, 5.74) is -1.03. The summed E-state index contributed by atoms with van der Waals surface area (Å²) in [4.78, 5) is 0. The van der Waals surface area contributed by atoms with Crippen LogP contribution in [0.4, 0.5) is 4.39 Å². The van der Waals surface area contributed by atoms with E-state index >= 15 is 0 Å². The van der Waals surface area contributed by atoms with E-state index in [0.717, 1.165) is 19.6 Å². The fourth-order valence-corrected chi connectivity index (χ4v) is 2.13. The lowest BCUT2D eigenvalue weighted by Gasteiger charge is -2.40. The van der Waals surface area contributed by atoms with Gasteiger partial charge in [0.1, 0.15) is 5.67 Å². The van der Waals surface area contributed by atoms with Crippen molar-refractivity contribution in [2.24, 2.45) is 5.92 Å². The molecule has 0 aliphatic carbocycles. The molecular weight excluding hydrogens is 167 g/mol. The third kappa shape index (κ3) is 2.20. The Hall–Kier alpha value is -0.150. The molecular formula is C10H21FN2. The Morgan fingerprint density at radius 1 is 1.69 bits per heavy atom. The van der Waals surface area contributed by atoms with Gasteiger partial charge in [-0.05, 0) is 26.4 Å². The van der Waals surface area contributed by atoms with Crippen LogP contribution in [0.2, 0.25) is 0 Å². The minimum absolute atomic E-state index is 0.0328. The number of rotatable bonds is 3. The first-order valence-electron chi connectivity index (χ1n) is 5.24. The standard InChI is InChI=1S/C10H21FN2/c1-4-13-9(3)10(11)5-6-12-7-8(10)2/h8-9,12-13H,4-7H2,1-3H3. The SMILES string of the molecule is CCNC(C)C1(F)CCNCC1C. The van der Waals surface area contributed by atoms with E-state index in [1.54, 1.807) is 0 Å². The lowest BCUT2D eigenvalue weighted by molar-refractivity contribution is 0.0243. The fourth-order valence-electron chi connectivity index (χ4n) is 2.13. The summed E-state index contributed by atoms with van der Waals surface area (Å²) in [6, 6.07) is -0.0328. The second-order valence-electron chi connectivity index (χ2n) is 4.06. The average Bonchev–Trinajstić information content (AvgIpc) is 2.11. The van der Waals surface area contributed by atoms with Crippen molar-refractivity contribution in [1.29, 1.82) is 0 Å². The molecule has 3 unspecified atom stereocenters. The van der Waals surface area contributed by atoms with Crippen molar-refractivity contribution in [3.63, 3.8) is 0 Å². The van der Waals surface area contributed by atoms with Gasteiger partial charge in [-0.15, -0.1) is 0 Å². The maximum absolute atomic E-state index is 14.4. The molecule has 1 aliphatic rings. The van der Waals surface area contributed by atoms with Crippen molar-refractivity contribution in [3.05, 3.63) is 0 Å². The molecule has 3 heteroatoms. The Labute approximate surface area is 80.3 Å². The number of piperidine rings is 1. The number of halogens is 1. The van der Waals surface area contributed by atoms with Crippen molar-refractivity contribution >= 4 is 0 Å². The van der Waals surface area contributed by atoms with Gasteiger partial charge in [-0.2, -0.15) is 0 Å². The molecule has 1 heterocycles. The third-order valence-corrected chi connectivity index (χ3v) is 3.18. The molecule has 1 fully saturated rings. The van der Waals surface area contributed by atoms with E-state index in [0.29, 0.717) is 6.42 Å². The number of alkyl halides is 1. The lowest BCUT2D eigenvalue weighted by atomic mass is 9.79. The Balaban J connectivity index is 2.59. The first kappa shape index (κ1) is 10.9. The molecule has 78 valence electrons. The predicted molar refractivity (Wildman–Crippen MR) is 53.6 cm³/mol. The molecule has 0 saturated carbocycles. The molecule has 0 aromatic heterocycles. The summed E-state index contributed by atoms with van der Waals surface area (Å²) in [5, 5.41) is 6.40. The maximum atomic E-state index is 14.4. The molecule has 1 rings (SSSR count). The summed E-state index contributed by atoms with van der Waals surface area (Å²) in [7, 11) is 0. The monoisotopic (exact) mass is 188 g/mol. The van der Waals surface area contributed by atoms with Crippen LogP contribution in [0.5, 0.6) is 0 Å². The van der Waals surface area contributed by atoms with Crippen LogP contribution in [0, 0.1) is 5.92 Å². The number of nitrogens with one attached hydrogen (secondary N) is 2. The van der Waals surface area contributed by atoms with Crippen LogP contribution in [0.25, 0.3) is 0 Å². The van der Waals surface area contributed by atoms with Gasteiger partial charge in [0.15, 0.2) is 0 Å². The van der Waals surface area contributed by atoms with Gasteiger partial charge in [0.2, 0.25) is 0 Å². The molecule has 2 N–H and O–H groups in total. The van der Waals surface area contributed by atoms with Gasteiger partial charge in [-0.25, -0.2) is 4.39 Å². The van der Waals surface area contributed by atoms with Gasteiger partial charge in [0.05, 0.1) is 0 Å². The van der Waals surface area contributed by atoms with Gasteiger partial charge in [-0.1, -0.05) is 13.8 Å². The Kier molecular flexibility index (Phi) is 3.68. The highest BCUT2D eigenvalue weighted by molar-refractivity contribution is 4.97. The summed E-state index contributed by atoms with van der Waals surface area (Å²) < 4.78 is 14.4. The van der Waals surface area contributed by atoms with E-state index in [2.05, 4.69) is 10.6 Å². The van der Waals surface area contributed by atoms with Crippen LogP contribution in [-0.2, 0) is 0 Å². The number of hydrogen-bond donors (Lipinski definition) is 2. The van der Waals surface area contributed by atoms with Crippen molar-refractivity contribution in [2.45, 2.75) is 38.9 Å². The molecule has 0 aromatic carbocycles. The molecule has 13 heavy (non-hydrogen) atoms. The summed E-state index contributed by atoms with van der Waals surface area (Å²) in [6.45, 7) is 8.40. The van der Waals surface area contributed by atoms with E-state index in [1.807, 2.05) is 20.8 Å². The molecule has 1 saturated heterocycles. The highest BCUT2D eigenvalue weighted by Gasteiger charge is 2.42. The molecule has 0 bridgehead atoms. The molecule has 1 aliphatic heterocycles. The zero-order valence-corrected chi connectivity index (χ0v) is 8.86. The number of hydrogen-bond acceptors (Lipinski definition) is 2. The Bertz CT molecular complexity index is 163. The van der Waals surface area contributed by atoms with Crippen molar-refractivity contribution in [1.82, 2.24) is 10.6 Å². The van der Waals surface area contributed by atoms with Crippen LogP contribution in [0.15, 0.2) is 0 Å². The highest BCUT2D eigenvalue weighted by atomic mass is 19.1. The van der Waals surface area contributed by atoms with E-state index in [1.165, 1.54) is 0 Å². The maximum Gasteiger partial charge on any atom is 0.130 e. The molecule has 2 nitrogen and oxygen atoms in total. The van der Waals surface area contributed by atoms with Crippen molar-refractivity contribution in [3.8, 4) is 0 Å². The second kappa shape index (κ2) is 4.38. The summed E-state index contributed by atoms with van der Waals surface area (Å²) >= 11 is 0. The van der Waals surface area contributed by atoms with Crippen LogP contribution in [0.3, 0.4) is 0 Å². The minimum atomic E-state index is -1.03. The van der Waals surface area contributed by atoms with Crippen molar-refractivity contribution in [2.75, 3.05) is 19.6 Å². The highest BCUT2D eigenvalue weighted by Crippen LogP contribution is 2.31. The van der Waals surface area contributed by atoms with Crippen molar-refractivity contribution < 1.29 is 4.39 Å². The average molecular weight is 188 g/mol. The fraction of sp³-hybridized carbons (Fsp3) is 1.00. The van der Waals surface area contributed by atoms with E-state index < -0.39 is 5.67 Å². The quantitative estimate of drug-likeness (QED) is 0.698. The zero-order chi connectivity index (χ0) is 9.90. The third-order valence-electron chi connectivity index (χ3n) is 3.18. The summed E-state index contributed by atoms with van der Waals surface area (Å²) in [6.07, 6.45) is 0.627. The van der Waals surface area contributed by atoms with Gasteiger partial charge in [-0.3, -0.25) is 0 Å². The molecule has 0 spiro atoms. The largest absolute Gasteiger partial charge is 0.316 e. The van der Waals surface area contributed by atoms with E-state index in [9.17, 15) is 4.39 Å². The van der Waals surface area contributed by atoms with Crippen LogP contribution < -0.4 is 10.6 Å². The van der Waals surface area contributed by atoms with Gasteiger partial charge < -0.3 is 10.6 Å². The van der Waals surface area contributed by atoms with Crippen LogP contribution in [-0.4, -0.2) is 31.3 Å². The smallest absolute Gasteiger partial charge is 0.130 e. The Morgan fingerprint density at radius 3 is 2.92 bits per heavy atom. The normalized spacial score (nSPS) is 37.4. The van der Waals surface area contributed by atoms with Gasteiger partial charge in [0.25, 0.3) is 0 Å².